The number of anilines is 2. The van der Waals surface area contributed by atoms with Gasteiger partial charge in [0.15, 0.2) is 5.60 Å². The average Bonchev–Trinajstić information content (AvgIpc) is 3.00. The fourth-order valence-electron chi connectivity index (χ4n) is 5.37. The first-order valence-electron chi connectivity index (χ1n) is 15.5. The van der Waals surface area contributed by atoms with Crippen molar-refractivity contribution < 1.29 is 33.4 Å². The topological polar surface area (TPSA) is 127 Å². The second-order valence-electron chi connectivity index (χ2n) is 13.1. The largest absolute Gasteiger partial charge is 0.493 e. The highest BCUT2D eigenvalue weighted by atomic mass is 79.9. The lowest BCUT2D eigenvalue weighted by Crippen LogP contribution is -2.48. The van der Waals surface area contributed by atoms with Crippen LogP contribution in [0.3, 0.4) is 0 Å². The molecule has 2 heterocycles. The number of nitrogens with zero attached hydrogens (tertiary/aromatic N) is 2. The number of nitrogens with two attached hydrogens (primary N) is 1. The van der Waals surface area contributed by atoms with Crippen molar-refractivity contribution in [1.82, 2.24) is 4.98 Å². The standard InChI is InChI=1S/C34H42BrClFN3O4.BH2O2/c1-7-34(44-32(2,3)4,26-28(27(35)30(38)39-29(26)36)40-19-17-33(5,6)18-20-40)31(41)43-25-14-12-24(13-15-25)42-21-16-22-8-10-23(37)11-9-22;2-1-3/h8-15H,7,16-21H2,1-6H3,(H2,38,39);2-3H/t34-;/m0./s1. The zero-order valence-electron chi connectivity index (χ0n) is 27.8. The lowest BCUT2D eigenvalue weighted by molar-refractivity contribution is -0.185. The monoisotopic (exact) mass is 734 g/mol. The Hall–Kier alpha value is -2.90. The number of halogens is 3. The SMILES string of the molecule is CC[C@@](OC(C)(C)C)(C(=O)Oc1ccc(OCCc2ccc(F)cc2)cc1)c1c(Cl)nc(N)c(Br)c1N1CCC(C)(C)CC1.O[B]O. The molecule has 0 amide bonds. The van der Waals surface area contributed by atoms with Crippen LogP contribution in [-0.4, -0.2) is 54.0 Å². The van der Waals surface area contributed by atoms with Gasteiger partial charge in [-0.3, -0.25) is 0 Å². The second kappa shape index (κ2) is 16.5. The van der Waals surface area contributed by atoms with Crippen LogP contribution in [-0.2, 0) is 21.6 Å². The van der Waals surface area contributed by atoms with Gasteiger partial charge in [-0.1, -0.05) is 44.5 Å². The number of carbonyl (C=O) groups excluding carboxylic acids is 1. The van der Waals surface area contributed by atoms with Crippen LogP contribution in [0.25, 0.3) is 0 Å². The summed E-state index contributed by atoms with van der Waals surface area (Å²) in [5, 5.41) is 14.1. The maximum Gasteiger partial charge on any atom is 0.482 e. The lowest BCUT2D eigenvalue weighted by atomic mass is 9.81. The Kier molecular flexibility index (Phi) is 13.5. The second-order valence-corrected chi connectivity index (χ2v) is 14.2. The fourth-order valence-corrected chi connectivity index (χ4v) is 6.24. The minimum absolute atomic E-state index is 0. The molecule has 47 heavy (non-hydrogen) atoms. The van der Waals surface area contributed by atoms with Gasteiger partial charge in [-0.2, -0.15) is 0 Å². The molecule has 13 heteroatoms. The van der Waals surface area contributed by atoms with Gasteiger partial charge in [0.2, 0.25) is 0 Å². The van der Waals surface area contributed by atoms with Crippen LogP contribution < -0.4 is 20.1 Å². The Morgan fingerprint density at radius 3 is 2.17 bits per heavy atom. The van der Waals surface area contributed by atoms with Crippen LogP contribution in [0.2, 0.25) is 5.15 Å². The van der Waals surface area contributed by atoms with Gasteiger partial charge in [0, 0.05) is 19.5 Å². The average molecular weight is 736 g/mol. The highest BCUT2D eigenvalue weighted by Gasteiger charge is 2.50. The van der Waals surface area contributed by atoms with E-state index >= 15 is 0 Å². The summed E-state index contributed by atoms with van der Waals surface area (Å²) in [6.07, 6.45) is 2.78. The van der Waals surface area contributed by atoms with Gasteiger partial charge in [0.05, 0.1) is 27.9 Å². The van der Waals surface area contributed by atoms with Crippen molar-refractivity contribution in [3.8, 4) is 11.5 Å². The van der Waals surface area contributed by atoms with Crippen LogP contribution in [0.5, 0.6) is 11.5 Å². The third-order valence-corrected chi connectivity index (χ3v) is 8.90. The molecule has 4 rings (SSSR count). The number of aromatic nitrogens is 1. The predicted molar refractivity (Wildman–Crippen MR) is 187 cm³/mol. The van der Waals surface area contributed by atoms with E-state index in [0.717, 1.165) is 31.5 Å². The van der Waals surface area contributed by atoms with E-state index in [1.807, 2.05) is 27.7 Å². The number of hydrogen-bond acceptors (Lipinski definition) is 9. The molecule has 2 aromatic carbocycles. The van der Waals surface area contributed by atoms with Crippen LogP contribution >= 0.6 is 27.5 Å². The number of hydrogen-bond donors (Lipinski definition) is 3. The minimum atomic E-state index is -1.59. The number of nitrogen functional groups attached to an aromatic ring is 1. The van der Waals surface area contributed by atoms with Gasteiger partial charge in [-0.25, -0.2) is 14.2 Å². The Labute approximate surface area is 291 Å². The third-order valence-electron chi connectivity index (χ3n) is 7.85. The summed E-state index contributed by atoms with van der Waals surface area (Å²) in [5.41, 5.74) is 6.27. The molecule has 0 aliphatic carbocycles. The Morgan fingerprint density at radius 1 is 1.09 bits per heavy atom. The van der Waals surface area contributed by atoms with Crippen LogP contribution in [0.15, 0.2) is 53.0 Å². The molecular weight excluding hydrogens is 692 g/mol. The summed E-state index contributed by atoms with van der Waals surface area (Å²) < 4.78 is 32.2. The number of carbonyl (C=O) groups is 1. The van der Waals surface area contributed by atoms with Gasteiger partial charge in [0.1, 0.15) is 28.3 Å². The molecule has 1 saturated heterocycles. The van der Waals surface area contributed by atoms with Crippen molar-refractivity contribution in [3.63, 3.8) is 0 Å². The zero-order valence-corrected chi connectivity index (χ0v) is 30.1. The van der Waals surface area contributed by atoms with E-state index in [2.05, 4.69) is 39.7 Å². The van der Waals surface area contributed by atoms with E-state index in [1.54, 1.807) is 36.4 Å². The van der Waals surface area contributed by atoms with E-state index in [0.29, 0.717) is 40.3 Å². The number of benzene rings is 2. The smallest absolute Gasteiger partial charge is 0.482 e. The summed E-state index contributed by atoms with van der Waals surface area (Å²) in [4.78, 5) is 20.9. The first kappa shape index (κ1) is 38.6. The van der Waals surface area contributed by atoms with E-state index in [-0.39, 0.29) is 36.3 Å². The van der Waals surface area contributed by atoms with Gasteiger partial charge in [0.25, 0.3) is 0 Å². The zero-order chi connectivity index (χ0) is 35.0. The summed E-state index contributed by atoms with van der Waals surface area (Å²) in [7, 11) is 0. The first-order chi connectivity index (χ1) is 22.1. The molecule has 0 spiro atoms. The molecule has 4 N–H and O–H groups in total. The number of piperidine rings is 1. The number of ether oxygens (including phenoxy) is 3. The minimum Gasteiger partial charge on any atom is -0.493 e. The van der Waals surface area contributed by atoms with Crippen molar-refractivity contribution >= 4 is 52.7 Å². The van der Waals surface area contributed by atoms with Crippen molar-refractivity contribution in [1.29, 1.82) is 0 Å². The van der Waals surface area contributed by atoms with E-state index < -0.39 is 17.2 Å². The number of rotatable bonds is 10. The molecule has 3 aromatic rings. The van der Waals surface area contributed by atoms with E-state index in [4.69, 9.17) is 41.6 Å². The van der Waals surface area contributed by atoms with Crippen molar-refractivity contribution in [2.75, 3.05) is 30.3 Å². The van der Waals surface area contributed by atoms with Crippen molar-refractivity contribution in [3.05, 3.63) is 75.1 Å². The van der Waals surface area contributed by atoms with E-state index in [9.17, 15) is 9.18 Å². The number of esters is 1. The van der Waals surface area contributed by atoms with E-state index in [1.165, 1.54) is 12.1 Å². The van der Waals surface area contributed by atoms with Crippen molar-refractivity contribution in [2.45, 2.75) is 78.4 Å². The maximum absolute atomic E-state index is 14.3. The molecular formula is C34H44BBrClFN3O6. The van der Waals surface area contributed by atoms with Gasteiger partial charge < -0.3 is 34.9 Å². The Balaban J connectivity index is 0.00000192. The summed E-state index contributed by atoms with van der Waals surface area (Å²) in [6, 6.07) is 13.2. The molecule has 0 bridgehead atoms. The highest BCUT2D eigenvalue weighted by Crippen LogP contribution is 2.49. The summed E-state index contributed by atoms with van der Waals surface area (Å²) in [5.74, 6) is 0.302. The van der Waals surface area contributed by atoms with Gasteiger partial charge >= 0.3 is 13.7 Å². The molecule has 1 aliphatic heterocycles. The van der Waals surface area contributed by atoms with Crippen LogP contribution in [0.4, 0.5) is 15.9 Å². The Bertz CT molecular complexity index is 1480. The fraction of sp³-hybridized carbons (Fsp3) is 0.471. The van der Waals surface area contributed by atoms with Gasteiger partial charge in [-0.05, 0) is 103 Å². The normalized spacial score (nSPS) is 15.6. The summed E-state index contributed by atoms with van der Waals surface area (Å²) >= 11 is 10.5. The molecule has 1 fully saturated rings. The molecule has 1 aromatic heterocycles. The van der Waals surface area contributed by atoms with Gasteiger partial charge in [-0.15, -0.1) is 0 Å². The quantitative estimate of drug-likeness (QED) is 0.0874. The lowest BCUT2D eigenvalue weighted by Gasteiger charge is -2.43. The maximum atomic E-state index is 14.3. The first-order valence-corrected chi connectivity index (χ1v) is 16.6. The molecule has 9 nitrogen and oxygen atoms in total. The van der Waals surface area contributed by atoms with Crippen molar-refractivity contribution in [2.24, 2.45) is 5.41 Å². The van der Waals surface area contributed by atoms with Crippen LogP contribution in [0, 0.1) is 11.2 Å². The molecule has 0 saturated carbocycles. The molecule has 0 unspecified atom stereocenters. The molecule has 1 radical (unpaired) electrons. The highest BCUT2D eigenvalue weighted by molar-refractivity contribution is 9.10. The van der Waals surface area contributed by atoms with Crippen LogP contribution in [0.1, 0.15) is 71.9 Å². The summed E-state index contributed by atoms with van der Waals surface area (Å²) in [6.45, 7) is 14.0. The third kappa shape index (κ3) is 10.3. The Morgan fingerprint density at radius 2 is 1.64 bits per heavy atom. The molecule has 1 atom stereocenters. The predicted octanol–water partition coefficient (Wildman–Crippen LogP) is 7.00. The molecule has 255 valence electrons. The number of pyridine rings is 1. The molecule has 1 aliphatic rings.